The van der Waals surface area contributed by atoms with Crippen LogP contribution in [0, 0.1) is 0 Å². The minimum atomic E-state index is 0.106. The Morgan fingerprint density at radius 3 is 2.00 bits per heavy atom. The van der Waals surface area contributed by atoms with Crippen LogP contribution in [0.15, 0.2) is 0 Å². The van der Waals surface area contributed by atoms with E-state index in [9.17, 15) is 0 Å². The van der Waals surface area contributed by atoms with E-state index in [-0.39, 0.29) is 6.61 Å². The van der Waals surface area contributed by atoms with Crippen molar-refractivity contribution >= 4 is 0 Å². The van der Waals surface area contributed by atoms with Gasteiger partial charge in [-0.2, -0.15) is 0 Å². The van der Waals surface area contributed by atoms with Crippen molar-refractivity contribution in [3.8, 4) is 0 Å². The molecule has 0 aliphatic rings. The van der Waals surface area contributed by atoms with Gasteiger partial charge < -0.3 is 9.84 Å². The third-order valence-corrected chi connectivity index (χ3v) is 1.95. The SMILES string of the molecule is CN(C)C(CCOCCO)N(C)C. The van der Waals surface area contributed by atoms with Crippen molar-refractivity contribution in [3.05, 3.63) is 0 Å². The van der Waals surface area contributed by atoms with E-state index in [1.807, 2.05) is 0 Å². The molecule has 0 fully saturated rings. The van der Waals surface area contributed by atoms with E-state index in [2.05, 4.69) is 38.0 Å². The lowest BCUT2D eigenvalue weighted by Crippen LogP contribution is -2.41. The first-order valence-electron chi connectivity index (χ1n) is 4.61. The van der Waals surface area contributed by atoms with E-state index in [4.69, 9.17) is 9.84 Å². The van der Waals surface area contributed by atoms with Crippen LogP contribution < -0.4 is 0 Å². The summed E-state index contributed by atoms with van der Waals surface area (Å²) >= 11 is 0. The molecule has 0 atom stereocenters. The largest absolute Gasteiger partial charge is 0.394 e. The minimum absolute atomic E-state index is 0.106. The summed E-state index contributed by atoms with van der Waals surface area (Å²) in [5.41, 5.74) is 0. The van der Waals surface area contributed by atoms with Crippen LogP contribution in [0.4, 0.5) is 0 Å². The first kappa shape index (κ1) is 12.8. The van der Waals surface area contributed by atoms with Gasteiger partial charge in [0.1, 0.15) is 0 Å². The third kappa shape index (κ3) is 5.99. The molecule has 0 aromatic rings. The molecule has 0 saturated carbocycles. The summed E-state index contributed by atoms with van der Waals surface area (Å²) < 4.78 is 5.21. The fraction of sp³-hybridized carbons (Fsp3) is 1.00. The maximum absolute atomic E-state index is 8.50. The molecule has 0 aromatic heterocycles. The number of rotatable bonds is 7. The molecule has 1 N–H and O–H groups in total. The predicted octanol–water partition coefficient (Wildman–Crippen LogP) is -0.165. The Kier molecular flexibility index (Phi) is 7.17. The van der Waals surface area contributed by atoms with Crippen molar-refractivity contribution in [2.24, 2.45) is 0 Å². The molecule has 4 heteroatoms. The molecule has 0 radical (unpaired) electrons. The summed E-state index contributed by atoms with van der Waals surface area (Å²) in [4.78, 5) is 4.31. The van der Waals surface area contributed by atoms with Crippen molar-refractivity contribution < 1.29 is 9.84 Å². The van der Waals surface area contributed by atoms with E-state index in [0.717, 1.165) is 6.42 Å². The maximum atomic E-state index is 8.50. The molecule has 0 unspecified atom stereocenters. The molecule has 0 aromatic carbocycles. The van der Waals surface area contributed by atoms with Crippen molar-refractivity contribution in [2.75, 3.05) is 48.0 Å². The highest BCUT2D eigenvalue weighted by molar-refractivity contribution is 4.62. The molecule has 0 heterocycles. The molecule has 0 spiro atoms. The van der Waals surface area contributed by atoms with Gasteiger partial charge in [0.2, 0.25) is 0 Å². The van der Waals surface area contributed by atoms with E-state index in [1.54, 1.807) is 0 Å². The van der Waals surface area contributed by atoms with Crippen LogP contribution in [-0.2, 0) is 4.74 Å². The van der Waals surface area contributed by atoms with Crippen molar-refractivity contribution in [1.82, 2.24) is 9.80 Å². The molecule has 0 aliphatic heterocycles. The van der Waals surface area contributed by atoms with Crippen LogP contribution in [0.2, 0.25) is 0 Å². The lowest BCUT2D eigenvalue weighted by molar-refractivity contribution is 0.0480. The van der Waals surface area contributed by atoms with Crippen LogP contribution >= 0.6 is 0 Å². The quantitative estimate of drug-likeness (QED) is 0.447. The van der Waals surface area contributed by atoms with Gasteiger partial charge in [-0.25, -0.2) is 0 Å². The molecular weight excluding hydrogens is 168 g/mol. The Morgan fingerprint density at radius 2 is 1.62 bits per heavy atom. The molecular formula is C9H22N2O2. The Balaban J connectivity index is 3.58. The Hall–Kier alpha value is -0.160. The molecule has 4 nitrogen and oxygen atoms in total. The van der Waals surface area contributed by atoms with E-state index >= 15 is 0 Å². The molecule has 0 bridgehead atoms. The van der Waals surface area contributed by atoms with Crippen LogP contribution in [0.1, 0.15) is 6.42 Å². The van der Waals surface area contributed by atoms with Gasteiger partial charge in [0, 0.05) is 6.61 Å². The second-order valence-electron chi connectivity index (χ2n) is 3.53. The lowest BCUT2D eigenvalue weighted by atomic mass is 10.3. The highest BCUT2D eigenvalue weighted by Gasteiger charge is 2.12. The average molecular weight is 190 g/mol. The van der Waals surface area contributed by atoms with Gasteiger partial charge in [0.05, 0.1) is 19.4 Å². The number of aliphatic hydroxyl groups excluding tert-OH is 1. The molecule has 13 heavy (non-hydrogen) atoms. The molecule has 80 valence electrons. The molecule has 0 saturated heterocycles. The zero-order valence-corrected chi connectivity index (χ0v) is 9.16. The highest BCUT2D eigenvalue weighted by atomic mass is 16.5. The van der Waals surface area contributed by atoms with Crippen molar-refractivity contribution in [1.29, 1.82) is 0 Å². The lowest BCUT2D eigenvalue weighted by Gasteiger charge is -2.30. The standard InChI is InChI=1S/C9H22N2O2/c1-10(2)9(11(3)4)5-7-13-8-6-12/h9,12H,5-8H2,1-4H3. The van der Waals surface area contributed by atoms with Gasteiger partial charge >= 0.3 is 0 Å². The Bertz CT molecular complexity index is 110. The van der Waals surface area contributed by atoms with E-state index < -0.39 is 0 Å². The van der Waals surface area contributed by atoms with Gasteiger partial charge in [-0.1, -0.05) is 0 Å². The minimum Gasteiger partial charge on any atom is -0.394 e. The highest BCUT2D eigenvalue weighted by Crippen LogP contribution is 2.02. The zero-order chi connectivity index (χ0) is 10.3. The molecule has 0 rings (SSSR count). The number of nitrogens with zero attached hydrogens (tertiary/aromatic N) is 2. The van der Waals surface area contributed by atoms with Gasteiger partial charge in [-0.15, -0.1) is 0 Å². The fourth-order valence-corrected chi connectivity index (χ4v) is 1.33. The summed E-state index contributed by atoms with van der Waals surface area (Å²) in [7, 11) is 8.21. The van der Waals surface area contributed by atoms with Crippen molar-refractivity contribution in [3.63, 3.8) is 0 Å². The first-order valence-corrected chi connectivity index (χ1v) is 4.61. The maximum Gasteiger partial charge on any atom is 0.0697 e. The second kappa shape index (κ2) is 7.26. The van der Waals surface area contributed by atoms with Gasteiger partial charge in [-0.3, -0.25) is 9.80 Å². The molecule has 0 aliphatic carbocycles. The fourth-order valence-electron chi connectivity index (χ4n) is 1.33. The number of hydrogen-bond donors (Lipinski definition) is 1. The number of aliphatic hydroxyl groups is 1. The number of ether oxygens (including phenoxy) is 1. The summed E-state index contributed by atoms with van der Waals surface area (Å²) in [5, 5.41) is 8.50. The van der Waals surface area contributed by atoms with Crippen LogP contribution in [0.3, 0.4) is 0 Å². The topological polar surface area (TPSA) is 35.9 Å². The van der Waals surface area contributed by atoms with E-state index in [1.165, 1.54) is 0 Å². The van der Waals surface area contributed by atoms with Crippen LogP contribution in [0.5, 0.6) is 0 Å². The summed E-state index contributed by atoms with van der Waals surface area (Å²) in [6.45, 7) is 1.24. The summed E-state index contributed by atoms with van der Waals surface area (Å²) in [6.07, 6.45) is 1.36. The normalized spacial score (nSPS) is 12.0. The summed E-state index contributed by atoms with van der Waals surface area (Å²) in [6, 6.07) is 0. The average Bonchev–Trinajstić information content (AvgIpc) is 2.02. The first-order chi connectivity index (χ1) is 6.09. The molecule has 0 amide bonds. The van der Waals surface area contributed by atoms with Gasteiger partial charge in [0.15, 0.2) is 0 Å². The number of hydrogen-bond acceptors (Lipinski definition) is 4. The Morgan fingerprint density at radius 1 is 1.08 bits per heavy atom. The smallest absolute Gasteiger partial charge is 0.0697 e. The monoisotopic (exact) mass is 190 g/mol. The van der Waals surface area contributed by atoms with Crippen LogP contribution in [-0.4, -0.2) is 69.1 Å². The van der Waals surface area contributed by atoms with Crippen molar-refractivity contribution in [2.45, 2.75) is 12.6 Å². The second-order valence-corrected chi connectivity index (χ2v) is 3.53. The summed E-state index contributed by atoms with van der Waals surface area (Å²) in [5.74, 6) is 0. The predicted molar refractivity (Wildman–Crippen MR) is 53.7 cm³/mol. The van der Waals surface area contributed by atoms with Gasteiger partial charge in [0.25, 0.3) is 0 Å². The van der Waals surface area contributed by atoms with E-state index in [0.29, 0.717) is 19.4 Å². The Labute approximate surface area is 81.1 Å². The van der Waals surface area contributed by atoms with Crippen LogP contribution in [0.25, 0.3) is 0 Å². The zero-order valence-electron chi connectivity index (χ0n) is 9.16. The van der Waals surface area contributed by atoms with Gasteiger partial charge in [-0.05, 0) is 34.6 Å². The third-order valence-electron chi connectivity index (χ3n) is 1.95.